The van der Waals surface area contributed by atoms with E-state index in [0.717, 1.165) is 17.7 Å². The van der Waals surface area contributed by atoms with Crippen LogP contribution < -0.4 is 21.4 Å². The lowest BCUT2D eigenvalue weighted by atomic mass is 10.1. The summed E-state index contributed by atoms with van der Waals surface area (Å²) in [6, 6.07) is 5.23. The highest BCUT2D eigenvalue weighted by molar-refractivity contribution is 7.97. The molecule has 2 heterocycles. The van der Waals surface area contributed by atoms with Crippen molar-refractivity contribution in [1.82, 2.24) is 14.0 Å². The lowest BCUT2D eigenvalue weighted by molar-refractivity contribution is -0.115. The normalized spacial score (nSPS) is 17.7. The predicted molar refractivity (Wildman–Crippen MR) is 108 cm³/mol. The zero-order chi connectivity index (χ0) is 20.8. The summed E-state index contributed by atoms with van der Waals surface area (Å²) >= 11 is 1.41. The third kappa shape index (κ3) is 4.00. The molecule has 8 nitrogen and oxygen atoms in total. The van der Waals surface area contributed by atoms with Crippen LogP contribution in [-0.2, 0) is 16.1 Å². The molecule has 1 amide bonds. The van der Waals surface area contributed by atoms with E-state index >= 15 is 0 Å². The first kappa shape index (κ1) is 19.9. The molecule has 1 saturated heterocycles. The van der Waals surface area contributed by atoms with Gasteiger partial charge in [-0.25, -0.2) is 14.6 Å². The van der Waals surface area contributed by atoms with Gasteiger partial charge in [-0.05, 0) is 49.9 Å². The van der Waals surface area contributed by atoms with Gasteiger partial charge in [-0.15, -0.1) is 0 Å². The molecule has 0 radical (unpaired) electrons. The fourth-order valence-corrected chi connectivity index (χ4v) is 3.85. The van der Waals surface area contributed by atoms with E-state index < -0.39 is 23.0 Å². The molecule has 1 aliphatic carbocycles. The minimum absolute atomic E-state index is 0.0955. The van der Waals surface area contributed by atoms with Gasteiger partial charge in [0, 0.05) is 22.9 Å². The maximum atomic E-state index is 13.2. The summed E-state index contributed by atoms with van der Waals surface area (Å²) in [6.45, 7) is 6.37. The summed E-state index contributed by atoms with van der Waals surface area (Å²) < 4.78 is 23.6. The molecular formula is C19H21FN4O4S. The number of hydrogen-bond donors (Lipinski definition) is 2. The molecule has 0 bridgehead atoms. The van der Waals surface area contributed by atoms with Crippen molar-refractivity contribution in [3.63, 3.8) is 0 Å². The topological polar surface area (TPSA) is 94.4 Å². The molecule has 154 valence electrons. The predicted octanol–water partition coefficient (Wildman–Crippen LogP) is 1.51. The van der Waals surface area contributed by atoms with Crippen molar-refractivity contribution in [3.05, 3.63) is 51.4 Å². The van der Waals surface area contributed by atoms with Gasteiger partial charge in [0.15, 0.2) is 5.83 Å². The molecule has 2 aliphatic rings. The van der Waals surface area contributed by atoms with Gasteiger partial charge < -0.3 is 4.74 Å². The molecule has 2 N–H and O–H groups in total. The van der Waals surface area contributed by atoms with Gasteiger partial charge in [-0.1, -0.05) is 6.58 Å². The number of nitrogens with zero attached hydrogens (tertiary/aromatic N) is 2. The quantitative estimate of drug-likeness (QED) is 0.521. The second-order valence-electron chi connectivity index (χ2n) is 7.73. The summed E-state index contributed by atoms with van der Waals surface area (Å²) in [5.74, 6) is -2.41. The largest absolute Gasteiger partial charge is 0.381 e. The first-order chi connectivity index (χ1) is 13.8. The Morgan fingerprint density at radius 3 is 2.69 bits per heavy atom. The van der Waals surface area contributed by atoms with Gasteiger partial charge in [0.1, 0.15) is 0 Å². The van der Waals surface area contributed by atoms with Crippen molar-refractivity contribution < 1.29 is 13.9 Å². The number of hydrogen-bond acceptors (Lipinski definition) is 6. The highest BCUT2D eigenvalue weighted by atomic mass is 32.2. The van der Waals surface area contributed by atoms with E-state index in [1.165, 1.54) is 16.5 Å². The zero-order valence-corrected chi connectivity index (χ0v) is 16.7. The maximum absolute atomic E-state index is 13.2. The van der Waals surface area contributed by atoms with Crippen LogP contribution in [0.1, 0.15) is 19.8 Å². The number of amides is 1. The summed E-state index contributed by atoms with van der Waals surface area (Å²) in [5, 5.41) is 0.252. The van der Waals surface area contributed by atoms with Gasteiger partial charge in [-0.3, -0.25) is 18.9 Å². The number of ether oxygens (including phenoxy) is 1. The molecule has 10 heteroatoms. The fourth-order valence-electron chi connectivity index (χ4n) is 2.97. The summed E-state index contributed by atoms with van der Waals surface area (Å²) in [4.78, 5) is 38.3. The fraction of sp³-hybridized carbons (Fsp3) is 0.421. The van der Waals surface area contributed by atoms with E-state index in [-0.39, 0.29) is 16.8 Å². The summed E-state index contributed by atoms with van der Waals surface area (Å²) in [5.41, 5.74) is 1.10. The van der Waals surface area contributed by atoms with Crippen molar-refractivity contribution in [1.29, 1.82) is 0 Å². The SMILES string of the molecule is C=C(F)C(=O)Nn1c(=O)c2cc(SNC3(C)CC3)ccc2n(CC2COC2)c1=O. The number of benzene rings is 1. The van der Waals surface area contributed by atoms with Crippen LogP contribution in [0.2, 0.25) is 0 Å². The van der Waals surface area contributed by atoms with E-state index in [9.17, 15) is 18.8 Å². The molecule has 1 aliphatic heterocycles. The van der Waals surface area contributed by atoms with Crippen molar-refractivity contribution in [2.45, 2.75) is 36.7 Å². The molecule has 0 atom stereocenters. The van der Waals surface area contributed by atoms with Crippen molar-refractivity contribution in [2.24, 2.45) is 5.92 Å². The number of rotatable bonds is 7. The van der Waals surface area contributed by atoms with Crippen LogP contribution in [0.15, 0.2) is 45.1 Å². The van der Waals surface area contributed by atoms with Crippen molar-refractivity contribution in [2.75, 3.05) is 18.6 Å². The van der Waals surface area contributed by atoms with E-state index in [4.69, 9.17) is 4.74 Å². The smallest absolute Gasteiger partial charge is 0.350 e. The Balaban J connectivity index is 1.79. The number of halogens is 1. The van der Waals surface area contributed by atoms with Crippen LogP contribution in [0, 0.1) is 5.92 Å². The van der Waals surface area contributed by atoms with Gasteiger partial charge in [0.05, 0.1) is 24.1 Å². The van der Waals surface area contributed by atoms with E-state index in [0.29, 0.717) is 30.0 Å². The molecule has 2 fully saturated rings. The average molecular weight is 420 g/mol. The summed E-state index contributed by atoms with van der Waals surface area (Å²) in [7, 11) is 0. The number of carbonyl (C=O) groups excluding carboxylic acids is 1. The highest BCUT2D eigenvalue weighted by Gasteiger charge is 2.37. The van der Waals surface area contributed by atoms with Crippen molar-refractivity contribution in [3.8, 4) is 0 Å². The van der Waals surface area contributed by atoms with Gasteiger partial charge in [0.2, 0.25) is 0 Å². The Labute approximate surface area is 169 Å². The van der Waals surface area contributed by atoms with E-state index in [1.807, 2.05) is 11.5 Å². The third-order valence-electron chi connectivity index (χ3n) is 5.14. The van der Waals surface area contributed by atoms with Crippen LogP contribution in [0.4, 0.5) is 4.39 Å². The number of carbonyl (C=O) groups is 1. The first-order valence-electron chi connectivity index (χ1n) is 9.24. The molecule has 4 rings (SSSR count). The van der Waals surface area contributed by atoms with Crippen molar-refractivity contribution >= 4 is 28.8 Å². The Morgan fingerprint density at radius 2 is 2.10 bits per heavy atom. The number of fused-ring (bicyclic) bond motifs is 1. The molecule has 0 unspecified atom stereocenters. The number of aromatic nitrogens is 2. The Kier molecular flexibility index (Phi) is 5.09. The van der Waals surface area contributed by atoms with Gasteiger partial charge in [0.25, 0.3) is 11.5 Å². The van der Waals surface area contributed by atoms with E-state index in [2.05, 4.69) is 18.2 Å². The molecule has 1 aromatic carbocycles. The zero-order valence-electron chi connectivity index (χ0n) is 15.9. The summed E-state index contributed by atoms with van der Waals surface area (Å²) in [6.07, 6.45) is 2.17. The Bertz CT molecular complexity index is 1120. The standard InChI is InChI=1S/C19H21FN4O4S/c1-11(20)16(25)21-24-17(26)14-7-13(29-22-19(2)5-6-19)3-4-15(14)23(18(24)27)8-12-9-28-10-12/h3-4,7,12,22H,1,5-6,8-10H2,2H3,(H,21,25). The molecule has 0 spiro atoms. The Hall–Kier alpha value is -2.43. The van der Waals surface area contributed by atoms with Gasteiger partial charge in [-0.2, -0.15) is 4.68 Å². The molecule has 29 heavy (non-hydrogen) atoms. The van der Waals surface area contributed by atoms with Crippen LogP contribution in [0.25, 0.3) is 10.9 Å². The lowest BCUT2D eigenvalue weighted by Gasteiger charge is -2.27. The maximum Gasteiger partial charge on any atom is 0.350 e. The van der Waals surface area contributed by atoms with Crippen LogP contribution >= 0.6 is 11.9 Å². The molecule has 1 aromatic heterocycles. The highest BCUT2D eigenvalue weighted by Crippen LogP contribution is 2.37. The van der Waals surface area contributed by atoms with Gasteiger partial charge >= 0.3 is 5.69 Å². The number of nitrogens with one attached hydrogen (secondary N) is 2. The minimum Gasteiger partial charge on any atom is -0.381 e. The third-order valence-corrected chi connectivity index (χ3v) is 6.22. The first-order valence-corrected chi connectivity index (χ1v) is 10.1. The van der Waals surface area contributed by atoms with E-state index in [1.54, 1.807) is 12.1 Å². The molecular weight excluding hydrogens is 399 g/mol. The lowest BCUT2D eigenvalue weighted by Crippen LogP contribution is -2.48. The molecule has 1 saturated carbocycles. The van der Waals surface area contributed by atoms with Crippen LogP contribution in [0.5, 0.6) is 0 Å². The van der Waals surface area contributed by atoms with Crippen LogP contribution in [0.3, 0.4) is 0 Å². The van der Waals surface area contributed by atoms with Crippen LogP contribution in [-0.4, -0.2) is 33.9 Å². The molecule has 2 aromatic rings. The minimum atomic E-state index is -1.29. The monoisotopic (exact) mass is 420 g/mol. The second-order valence-corrected chi connectivity index (χ2v) is 8.61. The second kappa shape index (κ2) is 7.43. The average Bonchev–Trinajstić information content (AvgIpc) is 3.39. The Morgan fingerprint density at radius 1 is 1.38 bits per heavy atom.